The van der Waals surface area contributed by atoms with Crippen LogP contribution in [0.25, 0.3) is 0 Å². The molecule has 4 rings (SSSR count). The molecule has 0 saturated carbocycles. The van der Waals surface area contributed by atoms with Crippen LogP contribution in [0.2, 0.25) is 0 Å². The van der Waals surface area contributed by atoms with E-state index < -0.39 is 52.9 Å². The average molecular weight is 489 g/mol. The van der Waals surface area contributed by atoms with Crippen LogP contribution >= 0.6 is 11.9 Å². The Morgan fingerprint density at radius 2 is 1.79 bits per heavy atom. The molecule has 0 radical (unpaired) electrons. The van der Waals surface area contributed by atoms with E-state index in [0.29, 0.717) is 18.5 Å². The Balaban J connectivity index is 1.59. The molecular formula is C25H26F2N2O4S. The third-order valence-corrected chi connectivity index (χ3v) is 8.09. The molecule has 34 heavy (non-hydrogen) atoms. The van der Waals surface area contributed by atoms with E-state index in [-0.39, 0.29) is 23.6 Å². The summed E-state index contributed by atoms with van der Waals surface area (Å²) >= 11 is 1.13. The fraction of sp³-hybridized carbons (Fsp3) is 0.400. The Kier molecular flexibility index (Phi) is 7.16. The van der Waals surface area contributed by atoms with Crippen LogP contribution in [0, 0.1) is 17.6 Å². The van der Waals surface area contributed by atoms with Crippen LogP contribution < -0.4 is 0 Å². The lowest BCUT2D eigenvalue weighted by Crippen LogP contribution is -2.45. The van der Waals surface area contributed by atoms with Crippen molar-refractivity contribution in [1.82, 2.24) is 9.21 Å². The third-order valence-electron chi connectivity index (χ3n) is 6.68. The van der Waals surface area contributed by atoms with Crippen molar-refractivity contribution in [3.05, 3.63) is 70.8 Å². The van der Waals surface area contributed by atoms with Crippen LogP contribution in [0.5, 0.6) is 0 Å². The fourth-order valence-corrected chi connectivity index (χ4v) is 5.85. The van der Waals surface area contributed by atoms with Gasteiger partial charge >= 0.3 is 0 Å². The van der Waals surface area contributed by atoms with Crippen molar-refractivity contribution in [2.75, 3.05) is 20.2 Å². The van der Waals surface area contributed by atoms with Gasteiger partial charge in [0.25, 0.3) is 0 Å². The second-order valence-electron chi connectivity index (χ2n) is 8.78. The van der Waals surface area contributed by atoms with Gasteiger partial charge < -0.3 is 10.0 Å². The van der Waals surface area contributed by atoms with E-state index in [0.717, 1.165) is 24.1 Å². The molecule has 0 aromatic heterocycles. The summed E-state index contributed by atoms with van der Waals surface area (Å²) in [6, 6.07) is 10.2. The molecule has 2 aromatic carbocycles. The van der Waals surface area contributed by atoms with E-state index in [1.165, 1.54) is 4.90 Å². The Morgan fingerprint density at radius 1 is 1.09 bits per heavy atom. The molecule has 4 atom stereocenters. The van der Waals surface area contributed by atoms with Crippen molar-refractivity contribution in [1.29, 1.82) is 0 Å². The topological polar surface area (TPSA) is 77.9 Å². The van der Waals surface area contributed by atoms with Crippen molar-refractivity contribution >= 4 is 29.4 Å². The summed E-state index contributed by atoms with van der Waals surface area (Å²) < 4.78 is 31.9. The van der Waals surface area contributed by atoms with E-state index in [9.17, 15) is 19.5 Å². The van der Waals surface area contributed by atoms with Crippen LogP contribution in [0.1, 0.15) is 41.2 Å². The molecule has 0 spiro atoms. The largest absolute Gasteiger partial charge is 0.396 e. The van der Waals surface area contributed by atoms with Crippen molar-refractivity contribution in [2.45, 2.75) is 37.1 Å². The number of likely N-dealkylation sites (tertiary alicyclic amines) is 1. The van der Waals surface area contributed by atoms with Gasteiger partial charge in [-0.2, -0.15) is 0 Å². The van der Waals surface area contributed by atoms with Crippen molar-refractivity contribution in [3.8, 4) is 0 Å². The molecule has 2 heterocycles. The summed E-state index contributed by atoms with van der Waals surface area (Å²) in [5.41, 5.74) is 0.660. The van der Waals surface area contributed by atoms with Gasteiger partial charge in [-0.1, -0.05) is 42.3 Å². The van der Waals surface area contributed by atoms with Crippen LogP contribution in [0.4, 0.5) is 8.78 Å². The van der Waals surface area contributed by atoms with E-state index >= 15 is 8.78 Å². The summed E-state index contributed by atoms with van der Waals surface area (Å²) in [5.74, 6) is -4.14. The van der Waals surface area contributed by atoms with Gasteiger partial charge in [0.15, 0.2) is 0 Å². The first-order chi connectivity index (χ1) is 16.2. The van der Waals surface area contributed by atoms with Gasteiger partial charge in [0.2, 0.25) is 17.5 Å². The number of ketones is 2. The predicted octanol–water partition coefficient (Wildman–Crippen LogP) is 3.25. The van der Waals surface area contributed by atoms with Gasteiger partial charge in [-0.3, -0.25) is 14.4 Å². The minimum Gasteiger partial charge on any atom is -0.396 e. The number of carbonyl (C=O) groups excluding carboxylic acids is 3. The smallest absolute Gasteiger partial charge is 0.226 e. The van der Waals surface area contributed by atoms with Crippen molar-refractivity contribution in [2.24, 2.45) is 5.92 Å². The third kappa shape index (κ3) is 4.52. The number of benzene rings is 2. The van der Waals surface area contributed by atoms with Crippen LogP contribution in [-0.2, 0) is 20.9 Å². The first-order valence-corrected chi connectivity index (χ1v) is 12.0. The van der Waals surface area contributed by atoms with Crippen LogP contribution in [-0.4, -0.2) is 58.0 Å². The van der Waals surface area contributed by atoms with E-state index in [4.69, 9.17) is 0 Å². The zero-order valence-corrected chi connectivity index (χ0v) is 19.7. The fourth-order valence-electron chi connectivity index (χ4n) is 4.60. The maximum Gasteiger partial charge on any atom is 0.226 e. The average Bonchev–Trinajstić information content (AvgIpc) is 3.16. The molecule has 2 aliphatic heterocycles. The number of rotatable bonds is 6. The highest BCUT2D eigenvalue weighted by atomic mass is 32.2. The maximum atomic E-state index is 15.1. The molecule has 2 aromatic rings. The van der Waals surface area contributed by atoms with Crippen LogP contribution in [0.15, 0.2) is 42.5 Å². The van der Waals surface area contributed by atoms with Gasteiger partial charge in [0, 0.05) is 37.5 Å². The lowest BCUT2D eigenvalue weighted by Gasteiger charge is -2.35. The van der Waals surface area contributed by atoms with Gasteiger partial charge in [-0.15, -0.1) is 0 Å². The summed E-state index contributed by atoms with van der Waals surface area (Å²) in [7, 11) is 1.64. The molecule has 1 amide bonds. The standard InChI is InChI=1S/C25H26F2N2O4S/c1-14-22(31)23(32)24(15-6-4-3-5-7-15)34-29(14)12-16-10-21(27)18(11-20(16)26)19(13-30)17-8-9-28(2)25(17)33/h3-7,10-11,14,17,19,24,30H,8-9,12-13H2,1-2H3/t14-,17?,19?,24+/m0/s1. The number of carbonyl (C=O) groups is 3. The number of hydrogen-bond acceptors (Lipinski definition) is 6. The molecule has 180 valence electrons. The molecule has 6 nitrogen and oxygen atoms in total. The lowest BCUT2D eigenvalue weighted by molar-refractivity contribution is -0.139. The number of Topliss-reactive ketones (excluding diaryl/α,β-unsaturated/α-hetero) is 2. The predicted molar refractivity (Wildman–Crippen MR) is 124 cm³/mol. The molecule has 2 saturated heterocycles. The Bertz CT molecular complexity index is 1110. The normalized spacial score (nSPS) is 24.7. The number of nitrogens with zero attached hydrogens (tertiary/aromatic N) is 2. The number of aliphatic hydroxyl groups excluding tert-OH is 1. The van der Waals surface area contributed by atoms with Crippen LogP contribution in [0.3, 0.4) is 0 Å². The summed E-state index contributed by atoms with van der Waals surface area (Å²) in [6.45, 7) is 1.50. The quantitative estimate of drug-likeness (QED) is 0.497. The van der Waals surface area contributed by atoms with E-state index in [1.54, 1.807) is 48.6 Å². The highest BCUT2D eigenvalue weighted by molar-refractivity contribution is 7.98. The second-order valence-corrected chi connectivity index (χ2v) is 9.94. The first kappa shape index (κ1) is 24.5. The minimum absolute atomic E-state index is 0.0288. The molecule has 9 heteroatoms. The summed E-state index contributed by atoms with van der Waals surface area (Å²) in [5, 5.41) is 9.13. The van der Waals surface area contributed by atoms with E-state index in [2.05, 4.69) is 0 Å². The monoisotopic (exact) mass is 488 g/mol. The molecular weight excluding hydrogens is 462 g/mol. The Labute approximate surface area is 201 Å². The van der Waals surface area contributed by atoms with Gasteiger partial charge in [-0.05, 0) is 36.6 Å². The van der Waals surface area contributed by atoms with Gasteiger partial charge in [-0.25, -0.2) is 13.1 Å². The second kappa shape index (κ2) is 9.93. The van der Waals surface area contributed by atoms with Gasteiger partial charge in [0.1, 0.15) is 16.9 Å². The number of hydrogen-bond donors (Lipinski definition) is 1. The molecule has 0 aliphatic carbocycles. The molecule has 2 aliphatic rings. The SMILES string of the molecule is C[C@H]1C(=O)C(=O)[C@@H](c2ccccc2)SN1Cc1cc(F)c(C(CO)C2CCN(C)C2=O)cc1F. The highest BCUT2D eigenvalue weighted by Gasteiger charge is 2.41. The first-order valence-electron chi connectivity index (χ1n) is 11.1. The molecule has 1 N–H and O–H groups in total. The molecule has 0 bridgehead atoms. The van der Waals surface area contributed by atoms with Gasteiger partial charge in [0.05, 0.1) is 12.6 Å². The zero-order valence-electron chi connectivity index (χ0n) is 18.9. The highest BCUT2D eigenvalue weighted by Crippen LogP contribution is 2.40. The van der Waals surface area contributed by atoms with E-state index in [1.807, 2.05) is 0 Å². The zero-order chi connectivity index (χ0) is 24.6. The number of amides is 1. The number of halogens is 2. The summed E-state index contributed by atoms with van der Waals surface area (Å²) in [4.78, 5) is 39.1. The minimum atomic E-state index is -0.842. The Morgan fingerprint density at radius 3 is 2.41 bits per heavy atom. The number of aliphatic hydroxyl groups is 1. The molecule has 2 unspecified atom stereocenters. The maximum absolute atomic E-state index is 15.1. The molecule has 2 fully saturated rings. The van der Waals surface area contributed by atoms with Crippen molar-refractivity contribution in [3.63, 3.8) is 0 Å². The summed E-state index contributed by atoms with van der Waals surface area (Å²) in [6.07, 6.45) is 0.461. The lowest BCUT2D eigenvalue weighted by atomic mass is 9.84. The van der Waals surface area contributed by atoms with Crippen molar-refractivity contribution < 1.29 is 28.3 Å². The Hall–Kier alpha value is -2.62.